The zero-order valence-corrected chi connectivity index (χ0v) is 17.2. The van der Waals surface area contributed by atoms with Gasteiger partial charge in [0.15, 0.2) is 5.92 Å². The van der Waals surface area contributed by atoms with E-state index in [1.165, 1.54) is 0 Å². The number of hydrogen-bond acceptors (Lipinski definition) is 6. The summed E-state index contributed by atoms with van der Waals surface area (Å²) in [6.45, 7) is 5.91. The van der Waals surface area contributed by atoms with Crippen molar-refractivity contribution in [3.63, 3.8) is 0 Å². The Balaban J connectivity index is 2.49. The smallest absolute Gasteiger partial charge is 0.323 e. The third kappa shape index (κ3) is 6.39. The molecule has 1 heterocycles. The molecule has 0 saturated heterocycles. The number of nitrogens with zero attached hydrogens (tertiary/aromatic N) is 1. The molecule has 2 aromatic rings. The fraction of sp³-hybridized carbons (Fsp3) is 0.435. The lowest BCUT2D eigenvalue weighted by atomic mass is 9.83. The van der Waals surface area contributed by atoms with Crippen LogP contribution >= 0.6 is 0 Å². The van der Waals surface area contributed by atoms with Gasteiger partial charge >= 0.3 is 11.9 Å². The molecule has 1 aromatic carbocycles. The van der Waals surface area contributed by atoms with Crippen LogP contribution in [-0.2, 0) is 30.2 Å². The van der Waals surface area contributed by atoms with E-state index >= 15 is 0 Å². The zero-order valence-electron chi connectivity index (χ0n) is 17.2. The highest BCUT2D eigenvalue weighted by molar-refractivity contribution is 5.95. The minimum atomic E-state index is -1.19. The lowest BCUT2D eigenvalue weighted by Gasteiger charge is -2.31. The van der Waals surface area contributed by atoms with Gasteiger partial charge in [-0.1, -0.05) is 36.4 Å². The van der Waals surface area contributed by atoms with E-state index in [-0.39, 0.29) is 19.1 Å². The number of aromatic nitrogens is 1. The number of carbonyl (C=O) groups excluding carboxylic acids is 2. The van der Waals surface area contributed by atoms with E-state index in [9.17, 15) is 9.59 Å². The summed E-state index contributed by atoms with van der Waals surface area (Å²) in [6, 6.07) is 15.4. The molecule has 2 atom stereocenters. The maximum absolute atomic E-state index is 12.7. The topological polar surface area (TPSA) is 74.7 Å². The molecule has 6 nitrogen and oxygen atoms in total. The van der Waals surface area contributed by atoms with Crippen LogP contribution < -0.4 is 0 Å². The van der Waals surface area contributed by atoms with Crippen molar-refractivity contribution < 1.29 is 23.8 Å². The second kappa shape index (κ2) is 12.0. The van der Waals surface area contributed by atoms with Gasteiger partial charge in [-0.2, -0.15) is 0 Å². The standard InChI is InChI=1S/C23H29NO5/c1-4-27-21(20(22(25)28-5-2)23(26)29-6-3)18(19-14-10-11-15-24-19)16-17-12-8-7-9-13-17/h7-15,18,20-21H,4-6,16H2,1-3H3. The SMILES string of the molecule is CCOC(=O)C(C(=O)OCC)C(OCC)C(Cc1ccccc1)c1ccccn1. The van der Waals surface area contributed by atoms with E-state index in [1.54, 1.807) is 20.0 Å². The third-order valence-corrected chi connectivity index (χ3v) is 4.53. The van der Waals surface area contributed by atoms with Crippen molar-refractivity contribution >= 4 is 11.9 Å². The normalized spacial score (nSPS) is 13.0. The molecule has 0 amide bonds. The molecule has 0 aliphatic carbocycles. The maximum Gasteiger partial charge on any atom is 0.323 e. The molecule has 0 bridgehead atoms. The number of pyridine rings is 1. The van der Waals surface area contributed by atoms with Gasteiger partial charge in [0.05, 0.1) is 19.3 Å². The van der Waals surface area contributed by atoms with Crippen molar-refractivity contribution in [3.05, 3.63) is 66.0 Å². The number of carbonyl (C=O) groups is 2. The van der Waals surface area contributed by atoms with Crippen LogP contribution in [0.2, 0.25) is 0 Å². The molecule has 0 fully saturated rings. The van der Waals surface area contributed by atoms with Crippen LogP contribution in [0.3, 0.4) is 0 Å². The van der Waals surface area contributed by atoms with Gasteiger partial charge in [0.25, 0.3) is 0 Å². The Hall–Kier alpha value is -2.73. The van der Waals surface area contributed by atoms with Gasteiger partial charge < -0.3 is 14.2 Å². The van der Waals surface area contributed by atoms with Gasteiger partial charge in [-0.15, -0.1) is 0 Å². The van der Waals surface area contributed by atoms with Crippen LogP contribution in [0.5, 0.6) is 0 Å². The molecule has 0 N–H and O–H groups in total. The maximum atomic E-state index is 12.7. The van der Waals surface area contributed by atoms with Crippen LogP contribution in [0.25, 0.3) is 0 Å². The minimum Gasteiger partial charge on any atom is -0.465 e. The molecule has 2 rings (SSSR count). The van der Waals surface area contributed by atoms with Gasteiger partial charge in [-0.3, -0.25) is 14.6 Å². The summed E-state index contributed by atoms with van der Waals surface area (Å²) in [7, 11) is 0. The fourth-order valence-corrected chi connectivity index (χ4v) is 3.32. The minimum absolute atomic E-state index is 0.167. The second-order valence-corrected chi connectivity index (χ2v) is 6.45. The Kier molecular flexibility index (Phi) is 9.31. The Labute approximate surface area is 172 Å². The van der Waals surface area contributed by atoms with Gasteiger partial charge in [-0.05, 0) is 44.9 Å². The molecule has 0 aliphatic heterocycles. The van der Waals surface area contributed by atoms with E-state index in [4.69, 9.17) is 14.2 Å². The molecule has 6 heteroatoms. The Bertz CT molecular complexity index is 732. The van der Waals surface area contributed by atoms with Crippen molar-refractivity contribution in [2.45, 2.75) is 39.2 Å². The van der Waals surface area contributed by atoms with Crippen molar-refractivity contribution in [1.82, 2.24) is 4.98 Å². The molecule has 2 unspecified atom stereocenters. The van der Waals surface area contributed by atoms with Crippen LogP contribution in [0, 0.1) is 5.92 Å². The zero-order chi connectivity index (χ0) is 21.1. The summed E-state index contributed by atoms with van der Waals surface area (Å²) >= 11 is 0. The van der Waals surface area contributed by atoms with Crippen molar-refractivity contribution in [1.29, 1.82) is 0 Å². The monoisotopic (exact) mass is 399 g/mol. The number of esters is 2. The first-order valence-corrected chi connectivity index (χ1v) is 10.0. The summed E-state index contributed by atoms with van der Waals surface area (Å²) in [4.78, 5) is 30.0. The first-order chi connectivity index (χ1) is 14.1. The molecule has 156 valence electrons. The van der Waals surface area contributed by atoms with Gasteiger partial charge in [-0.25, -0.2) is 0 Å². The van der Waals surface area contributed by atoms with E-state index in [0.29, 0.717) is 13.0 Å². The molecular formula is C23H29NO5. The number of benzene rings is 1. The predicted octanol–water partition coefficient (Wildman–Crippen LogP) is 3.56. The number of ether oxygens (including phenoxy) is 3. The third-order valence-electron chi connectivity index (χ3n) is 4.53. The Morgan fingerprint density at radius 2 is 1.48 bits per heavy atom. The first kappa shape index (κ1) is 22.6. The Morgan fingerprint density at radius 3 is 2.00 bits per heavy atom. The van der Waals surface area contributed by atoms with Crippen LogP contribution in [0.4, 0.5) is 0 Å². The average Bonchev–Trinajstić information content (AvgIpc) is 2.73. The molecule has 0 radical (unpaired) electrons. The lowest BCUT2D eigenvalue weighted by molar-refractivity contribution is -0.170. The van der Waals surface area contributed by atoms with Crippen LogP contribution in [0.1, 0.15) is 37.9 Å². The van der Waals surface area contributed by atoms with Crippen molar-refractivity contribution in [2.24, 2.45) is 5.92 Å². The highest BCUT2D eigenvalue weighted by atomic mass is 16.6. The van der Waals surface area contributed by atoms with Crippen molar-refractivity contribution in [2.75, 3.05) is 19.8 Å². The summed E-state index contributed by atoms with van der Waals surface area (Å²) in [6.07, 6.45) is 1.48. The first-order valence-electron chi connectivity index (χ1n) is 10.0. The molecule has 0 spiro atoms. The number of rotatable bonds is 11. The summed E-state index contributed by atoms with van der Waals surface area (Å²) in [5.41, 5.74) is 1.80. The summed E-state index contributed by atoms with van der Waals surface area (Å²) in [5, 5.41) is 0. The quantitative estimate of drug-likeness (QED) is 0.425. The fourth-order valence-electron chi connectivity index (χ4n) is 3.32. The van der Waals surface area contributed by atoms with Gasteiger partial charge in [0.2, 0.25) is 0 Å². The van der Waals surface area contributed by atoms with Gasteiger partial charge in [0.1, 0.15) is 0 Å². The molecule has 0 saturated carbocycles. The van der Waals surface area contributed by atoms with E-state index in [0.717, 1.165) is 11.3 Å². The van der Waals surface area contributed by atoms with Crippen molar-refractivity contribution in [3.8, 4) is 0 Å². The molecule has 29 heavy (non-hydrogen) atoms. The number of hydrogen-bond donors (Lipinski definition) is 0. The van der Waals surface area contributed by atoms with Crippen LogP contribution in [-0.4, -0.2) is 42.8 Å². The Morgan fingerprint density at radius 1 is 0.862 bits per heavy atom. The lowest BCUT2D eigenvalue weighted by Crippen LogP contribution is -2.43. The van der Waals surface area contributed by atoms with Gasteiger partial charge in [0, 0.05) is 24.4 Å². The van der Waals surface area contributed by atoms with Crippen LogP contribution in [0.15, 0.2) is 54.7 Å². The predicted molar refractivity (Wildman–Crippen MR) is 109 cm³/mol. The highest BCUT2D eigenvalue weighted by Crippen LogP contribution is 2.31. The largest absolute Gasteiger partial charge is 0.465 e. The van der Waals surface area contributed by atoms with E-state index in [1.807, 2.05) is 55.5 Å². The summed E-state index contributed by atoms with van der Waals surface area (Å²) < 4.78 is 16.4. The summed E-state index contributed by atoms with van der Waals surface area (Å²) in [5.74, 6) is -2.81. The van der Waals surface area contributed by atoms with E-state index < -0.39 is 24.0 Å². The molecule has 1 aromatic heterocycles. The van der Waals surface area contributed by atoms with E-state index in [2.05, 4.69) is 4.98 Å². The average molecular weight is 399 g/mol. The highest BCUT2D eigenvalue weighted by Gasteiger charge is 2.43. The second-order valence-electron chi connectivity index (χ2n) is 6.45. The molecular weight excluding hydrogens is 370 g/mol. The molecule has 0 aliphatic rings.